The maximum atomic E-state index is 11.9. The van der Waals surface area contributed by atoms with E-state index in [2.05, 4.69) is 10.6 Å². The van der Waals surface area contributed by atoms with Crippen LogP contribution in [0.25, 0.3) is 0 Å². The van der Waals surface area contributed by atoms with Crippen LogP contribution >= 0.6 is 0 Å². The Morgan fingerprint density at radius 1 is 1.21 bits per heavy atom. The van der Waals surface area contributed by atoms with Crippen molar-refractivity contribution in [1.82, 2.24) is 15.5 Å². The van der Waals surface area contributed by atoms with E-state index in [1.54, 1.807) is 4.90 Å². The van der Waals surface area contributed by atoms with E-state index in [1.807, 2.05) is 30.3 Å². The predicted molar refractivity (Wildman–Crippen MR) is 85.4 cm³/mol. The van der Waals surface area contributed by atoms with Gasteiger partial charge in [0.15, 0.2) is 0 Å². The summed E-state index contributed by atoms with van der Waals surface area (Å²) < 4.78 is 5.15. The van der Waals surface area contributed by atoms with Gasteiger partial charge in [-0.2, -0.15) is 0 Å². The fraction of sp³-hybridized carbons (Fsp3) is 0.438. The van der Waals surface area contributed by atoms with E-state index in [9.17, 15) is 14.4 Å². The number of rotatable bonds is 4. The van der Waals surface area contributed by atoms with E-state index < -0.39 is 24.3 Å². The van der Waals surface area contributed by atoms with Crippen molar-refractivity contribution in [1.29, 1.82) is 0 Å². The molecule has 8 heteroatoms. The van der Waals surface area contributed by atoms with Crippen LogP contribution in [-0.4, -0.2) is 53.3 Å². The number of piperidine rings is 1. The number of carbonyl (C=O) groups is 3. The Labute approximate surface area is 139 Å². The Kier molecular flexibility index (Phi) is 6.00. The standard InChI is InChI=1S/C16H21N3O5/c1-11(20)19-8-7-13(14(9-19)17-15(21)22)18-16(23)24-10-12-5-3-2-4-6-12/h2-6,13-14,17H,7-10H2,1H3,(H,18,23)(H,21,22)/t13-,14+/m0/s1. The highest BCUT2D eigenvalue weighted by atomic mass is 16.5. The fourth-order valence-electron chi connectivity index (χ4n) is 2.63. The first-order chi connectivity index (χ1) is 11.5. The number of carbonyl (C=O) groups excluding carboxylic acids is 2. The third kappa shape index (κ3) is 5.15. The van der Waals surface area contributed by atoms with Gasteiger partial charge in [-0.05, 0) is 12.0 Å². The third-order valence-corrected chi connectivity index (χ3v) is 3.88. The number of hydrogen-bond donors (Lipinski definition) is 3. The minimum Gasteiger partial charge on any atom is -0.465 e. The molecule has 0 aromatic heterocycles. The lowest BCUT2D eigenvalue weighted by molar-refractivity contribution is -0.130. The van der Waals surface area contributed by atoms with Gasteiger partial charge in [0.25, 0.3) is 0 Å². The number of ether oxygens (including phenoxy) is 1. The second-order valence-corrected chi connectivity index (χ2v) is 5.62. The monoisotopic (exact) mass is 335 g/mol. The molecule has 1 aliphatic rings. The molecule has 1 saturated heterocycles. The molecule has 2 atom stereocenters. The van der Waals surface area contributed by atoms with Crippen molar-refractivity contribution in [3.8, 4) is 0 Å². The van der Waals surface area contributed by atoms with E-state index in [1.165, 1.54) is 6.92 Å². The molecule has 24 heavy (non-hydrogen) atoms. The molecular weight excluding hydrogens is 314 g/mol. The number of nitrogens with zero attached hydrogens (tertiary/aromatic N) is 1. The molecule has 3 N–H and O–H groups in total. The van der Waals surface area contributed by atoms with Crippen molar-refractivity contribution < 1.29 is 24.2 Å². The Morgan fingerprint density at radius 2 is 1.92 bits per heavy atom. The van der Waals surface area contributed by atoms with Crippen LogP contribution in [0.3, 0.4) is 0 Å². The van der Waals surface area contributed by atoms with E-state index in [4.69, 9.17) is 9.84 Å². The molecule has 8 nitrogen and oxygen atoms in total. The van der Waals surface area contributed by atoms with E-state index in [-0.39, 0.29) is 19.1 Å². The van der Waals surface area contributed by atoms with Gasteiger partial charge in [-0.25, -0.2) is 9.59 Å². The van der Waals surface area contributed by atoms with Gasteiger partial charge in [0.05, 0.1) is 12.1 Å². The number of amides is 3. The van der Waals surface area contributed by atoms with Crippen molar-refractivity contribution >= 4 is 18.1 Å². The number of likely N-dealkylation sites (tertiary alicyclic amines) is 1. The Hall–Kier alpha value is -2.77. The molecule has 2 rings (SSSR count). The van der Waals surface area contributed by atoms with Crippen LogP contribution in [0.4, 0.5) is 9.59 Å². The SMILES string of the molecule is CC(=O)N1CC[C@H](NC(=O)OCc2ccccc2)[C@H](NC(=O)O)C1. The normalized spacial score (nSPS) is 20.1. The molecule has 0 radical (unpaired) electrons. The molecular formula is C16H21N3O5. The second kappa shape index (κ2) is 8.19. The number of benzene rings is 1. The summed E-state index contributed by atoms with van der Waals surface area (Å²) >= 11 is 0. The van der Waals surface area contributed by atoms with Crippen molar-refractivity contribution in [3.05, 3.63) is 35.9 Å². The lowest BCUT2D eigenvalue weighted by atomic mass is 9.99. The van der Waals surface area contributed by atoms with Crippen LogP contribution in [0.1, 0.15) is 18.9 Å². The zero-order chi connectivity index (χ0) is 17.5. The minimum absolute atomic E-state index is 0.128. The van der Waals surface area contributed by atoms with Crippen molar-refractivity contribution in [2.24, 2.45) is 0 Å². The zero-order valence-corrected chi connectivity index (χ0v) is 13.4. The molecule has 0 bridgehead atoms. The summed E-state index contributed by atoms with van der Waals surface area (Å²) in [7, 11) is 0. The summed E-state index contributed by atoms with van der Waals surface area (Å²) in [5, 5.41) is 14.0. The predicted octanol–water partition coefficient (Wildman–Crippen LogP) is 1.17. The van der Waals surface area contributed by atoms with E-state index >= 15 is 0 Å². The topological polar surface area (TPSA) is 108 Å². The smallest absolute Gasteiger partial charge is 0.407 e. The Morgan fingerprint density at radius 3 is 2.54 bits per heavy atom. The lowest BCUT2D eigenvalue weighted by Crippen LogP contribution is -2.61. The molecule has 130 valence electrons. The van der Waals surface area contributed by atoms with Gasteiger partial charge in [0, 0.05) is 20.0 Å². The van der Waals surface area contributed by atoms with Crippen molar-refractivity contribution in [3.63, 3.8) is 0 Å². The zero-order valence-electron chi connectivity index (χ0n) is 13.4. The average Bonchev–Trinajstić information content (AvgIpc) is 2.55. The number of alkyl carbamates (subject to hydrolysis) is 1. The fourth-order valence-corrected chi connectivity index (χ4v) is 2.63. The van der Waals surface area contributed by atoms with E-state index in [0.29, 0.717) is 13.0 Å². The first-order valence-electron chi connectivity index (χ1n) is 7.68. The molecule has 0 unspecified atom stereocenters. The van der Waals surface area contributed by atoms with Gasteiger partial charge in [-0.3, -0.25) is 4.79 Å². The van der Waals surface area contributed by atoms with E-state index in [0.717, 1.165) is 5.56 Å². The highest BCUT2D eigenvalue weighted by molar-refractivity contribution is 5.74. The molecule has 0 saturated carbocycles. The molecule has 1 aliphatic heterocycles. The van der Waals surface area contributed by atoms with Crippen LogP contribution < -0.4 is 10.6 Å². The number of nitrogens with one attached hydrogen (secondary N) is 2. The molecule has 1 aromatic rings. The maximum absolute atomic E-state index is 11.9. The molecule has 1 aromatic carbocycles. The van der Waals surface area contributed by atoms with Crippen molar-refractivity contribution in [2.45, 2.75) is 32.0 Å². The molecule has 3 amide bonds. The Balaban J connectivity index is 1.89. The molecule has 1 fully saturated rings. The molecule has 0 spiro atoms. The average molecular weight is 335 g/mol. The van der Waals surface area contributed by atoms with Crippen LogP contribution in [0, 0.1) is 0 Å². The van der Waals surface area contributed by atoms with Gasteiger partial charge < -0.3 is 25.4 Å². The van der Waals surface area contributed by atoms with Crippen LogP contribution in [-0.2, 0) is 16.1 Å². The third-order valence-electron chi connectivity index (χ3n) is 3.88. The highest BCUT2D eigenvalue weighted by Gasteiger charge is 2.32. The number of carboxylic acid groups (broad SMARTS) is 1. The van der Waals surface area contributed by atoms with Crippen LogP contribution in [0.2, 0.25) is 0 Å². The first kappa shape index (κ1) is 17.6. The van der Waals surface area contributed by atoms with Gasteiger partial charge in [0.2, 0.25) is 5.91 Å². The van der Waals surface area contributed by atoms with Crippen molar-refractivity contribution in [2.75, 3.05) is 13.1 Å². The quantitative estimate of drug-likeness (QED) is 0.765. The van der Waals surface area contributed by atoms with Crippen LogP contribution in [0.5, 0.6) is 0 Å². The van der Waals surface area contributed by atoms with Gasteiger partial charge in [-0.1, -0.05) is 30.3 Å². The van der Waals surface area contributed by atoms with Gasteiger partial charge in [0.1, 0.15) is 6.61 Å². The molecule has 1 heterocycles. The largest absolute Gasteiger partial charge is 0.465 e. The molecule has 0 aliphatic carbocycles. The van der Waals surface area contributed by atoms with Crippen LogP contribution in [0.15, 0.2) is 30.3 Å². The highest BCUT2D eigenvalue weighted by Crippen LogP contribution is 2.12. The summed E-state index contributed by atoms with van der Waals surface area (Å²) in [6.45, 7) is 2.23. The first-order valence-corrected chi connectivity index (χ1v) is 7.68. The summed E-state index contributed by atoms with van der Waals surface area (Å²) in [6, 6.07) is 8.24. The summed E-state index contributed by atoms with van der Waals surface area (Å²) in [6.07, 6.45) is -1.36. The lowest BCUT2D eigenvalue weighted by Gasteiger charge is -2.38. The summed E-state index contributed by atoms with van der Waals surface area (Å²) in [5.41, 5.74) is 0.860. The second-order valence-electron chi connectivity index (χ2n) is 5.62. The Bertz CT molecular complexity index is 593. The number of hydrogen-bond acceptors (Lipinski definition) is 4. The minimum atomic E-state index is -1.20. The summed E-state index contributed by atoms with van der Waals surface area (Å²) in [4.78, 5) is 35.9. The maximum Gasteiger partial charge on any atom is 0.407 e. The van der Waals surface area contributed by atoms with Gasteiger partial charge in [-0.15, -0.1) is 0 Å². The summed E-state index contributed by atoms with van der Waals surface area (Å²) in [5.74, 6) is -0.128. The van der Waals surface area contributed by atoms with Gasteiger partial charge >= 0.3 is 12.2 Å².